The van der Waals surface area contributed by atoms with Crippen molar-refractivity contribution in [3.8, 4) is 0 Å². The summed E-state index contributed by atoms with van der Waals surface area (Å²) < 4.78 is 0. The van der Waals surface area contributed by atoms with Gasteiger partial charge in [0, 0.05) is 12.2 Å². The van der Waals surface area contributed by atoms with Crippen LogP contribution in [-0.4, -0.2) is 28.3 Å². The highest BCUT2D eigenvalue weighted by Gasteiger charge is 2.13. The number of unbranched alkanes of at least 4 members (excludes halogenated alkanes) is 1. The van der Waals surface area contributed by atoms with Gasteiger partial charge in [-0.3, -0.25) is 9.59 Å². The lowest BCUT2D eigenvalue weighted by Gasteiger charge is -2.05. The van der Waals surface area contributed by atoms with Crippen molar-refractivity contribution in [2.24, 2.45) is 0 Å². The number of aromatic amines is 1. The lowest BCUT2D eigenvalue weighted by atomic mass is 10.2. The minimum Gasteiger partial charge on any atom is -0.348 e. The Labute approximate surface area is 110 Å². The van der Waals surface area contributed by atoms with Crippen LogP contribution < -0.4 is 10.6 Å². The summed E-state index contributed by atoms with van der Waals surface area (Å²) in [4.78, 5) is 30.1. The number of benzene rings is 1. The first kappa shape index (κ1) is 13.1. The highest BCUT2D eigenvalue weighted by Crippen LogP contribution is 2.15. The van der Waals surface area contributed by atoms with Gasteiger partial charge < -0.3 is 15.6 Å². The molecule has 0 unspecified atom stereocenters. The maximum atomic E-state index is 11.6. The van der Waals surface area contributed by atoms with Crippen LogP contribution in [0.1, 0.15) is 19.8 Å². The standard InChI is InChI=1S/C13H16N4O2/c1-2-3-6-14-12(18)13(19)17-9-4-5-10-11(7-9)16-8-15-10/h4-5,7-8H,2-3,6H2,1H3,(H,14,18)(H,15,16)(H,17,19). The average Bonchev–Trinajstić information content (AvgIpc) is 2.86. The van der Waals surface area contributed by atoms with Gasteiger partial charge in [0.25, 0.3) is 0 Å². The molecule has 19 heavy (non-hydrogen) atoms. The molecule has 1 aromatic carbocycles. The molecular weight excluding hydrogens is 244 g/mol. The van der Waals surface area contributed by atoms with E-state index in [1.165, 1.54) is 0 Å². The lowest BCUT2D eigenvalue weighted by Crippen LogP contribution is -2.35. The maximum absolute atomic E-state index is 11.6. The van der Waals surface area contributed by atoms with Crippen molar-refractivity contribution in [3.63, 3.8) is 0 Å². The topological polar surface area (TPSA) is 86.9 Å². The van der Waals surface area contributed by atoms with Gasteiger partial charge in [-0.25, -0.2) is 4.98 Å². The number of nitrogens with one attached hydrogen (secondary N) is 3. The van der Waals surface area contributed by atoms with Crippen LogP contribution in [0.5, 0.6) is 0 Å². The lowest BCUT2D eigenvalue weighted by molar-refractivity contribution is -0.136. The zero-order valence-corrected chi connectivity index (χ0v) is 10.7. The Morgan fingerprint density at radius 1 is 1.32 bits per heavy atom. The van der Waals surface area contributed by atoms with Gasteiger partial charge in [0.2, 0.25) is 0 Å². The highest BCUT2D eigenvalue weighted by atomic mass is 16.2. The SMILES string of the molecule is CCCCNC(=O)C(=O)Nc1ccc2nc[nH]c2c1. The maximum Gasteiger partial charge on any atom is 0.313 e. The largest absolute Gasteiger partial charge is 0.348 e. The summed E-state index contributed by atoms with van der Waals surface area (Å²) in [6.45, 7) is 2.54. The summed E-state index contributed by atoms with van der Waals surface area (Å²) in [6, 6.07) is 5.22. The third-order valence-corrected chi connectivity index (χ3v) is 2.70. The number of aromatic nitrogens is 2. The van der Waals surface area contributed by atoms with Crippen molar-refractivity contribution < 1.29 is 9.59 Å². The fourth-order valence-electron chi connectivity index (χ4n) is 1.66. The third kappa shape index (κ3) is 3.31. The first-order valence-corrected chi connectivity index (χ1v) is 6.23. The summed E-state index contributed by atoms with van der Waals surface area (Å²) in [7, 11) is 0. The molecule has 100 valence electrons. The number of anilines is 1. The van der Waals surface area contributed by atoms with E-state index in [4.69, 9.17) is 0 Å². The second kappa shape index (κ2) is 5.99. The van der Waals surface area contributed by atoms with Gasteiger partial charge in [-0.2, -0.15) is 0 Å². The fourth-order valence-corrected chi connectivity index (χ4v) is 1.66. The van der Waals surface area contributed by atoms with E-state index in [1.807, 2.05) is 6.92 Å². The molecule has 6 nitrogen and oxygen atoms in total. The van der Waals surface area contributed by atoms with E-state index < -0.39 is 11.8 Å². The van der Waals surface area contributed by atoms with Gasteiger partial charge in [0.05, 0.1) is 17.4 Å². The van der Waals surface area contributed by atoms with Crippen LogP contribution in [-0.2, 0) is 9.59 Å². The Bertz CT molecular complexity index is 591. The summed E-state index contributed by atoms with van der Waals surface area (Å²) in [6.07, 6.45) is 3.41. The monoisotopic (exact) mass is 260 g/mol. The number of hydrogen-bond acceptors (Lipinski definition) is 3. The highest BCUT2D eigenvalue weighted by molar-refractivity contribution is 6.39. The van der Waals surface area contributed by atoms with E-state index in [-0.39, 0.29) is 0 Å². The van der Waals surface area contributed by atoms with Gasteiger partial charge >= 0.3 is 11.8 Å². The smallest absolute Gasteiger partial charge is 0.313 e. The molecule has 2 rings (SSSR count). The Hall–Kier alpha value is -2.37. The second-order valence-electron chi connectivity index (χ2n) is 4.20. The van der Waals surface area contributed by atoms with Crippen LogP contribution in [0.15, 0.2) is 24.5 Å². The number of amides is 2. The number of nitrogens with zero attached hydrogens (tertiary/aromatic N) is 1. The minimum atomic E-state index is -0.657. The van der Waals surface area contributed by atoms with E-state index in [0.717, 1.165) is 23.9 Å². The fraction of sp³-hybridized carbons (Fsp3) is 0.308. The summed E-state index contributed by atoms with van der Waals surface area (Å²) in [5.74, 6) is -1.27. The molecule has 0 aliphatic rings. The molecule has 0 radical (unpaired) electrons. The zero-order valence-electron chi connectivity index (χ0n) is 10.7. The molecule has 6 heteroatoms. The molecule has 1 aromatic heterocycles. The van der Waals surface area contributed by atoms with Crippen LogP contribution in [0.2, 0.25) is 0 Å². The number of fused-ring (bicyclic) bond motifs is 1. The van der Waals surface area contributed by atoms with Gasteiger partial charge in [0.15, 0.2) is 0 Å². The summed E-state index contributed by atoms with van der Waals surface area (Å²) in [5.41, 5.74) is 2.18. The predicted octanol–water partition coefficient (Wildman–Crippen LogP) is 1.42. The van der Waals surface area contributed by atoms with Crippen molar-refractivity contribution >= 4 is 28.5 Å². The van der Waals surface area contributed by atoms with Crippen LogP contribution >= 0.6 is 0 Å². The first-order valence-electron chi connectivity index (χ1n) is 6.23. The van der Waals surface area contributed by atoms with Gasteiger partial charge in [0.1, 0.15) is 0 Å². The van der Waals surface area contributed by atoms with Gasteiger partial charge in [-0.15, -0.1) is 0 Å². The van der Waals surface area contributed by atoms with Crippen LogP contribution in [0.4, 0.5) is 5.69 Å². The van der Waals surface area contributed by atoms with Crippen LogP contribution in [0.3, 0.4) is 0 Å². The molecular formula is C13H16N4O2. The molecule has 0 spiro atoms. The number of carbonyl (C=O) groups is 2. The van der Waals surface area contributed by atoms with Gasteiger partial charge in [-0.1, -0.05) is 13.3 Å². The molecule has 2 aromatic rings. The normalized spacial score (nSPS) is 10.4. The van der Waals surface area contributed by atoms with Crippen molar-refractivity contribution in [1.82, 2.24) is 15.3 Å². The Balaban J connectivity index is 1.95. The number of carbonyl (C=O) groups excluding carboxylic acids is 2. The molecule has 0 saturated carbocycles. The Morgan fingerprint density at radius 2 is 2.16 bits per heavy atom. The van der Waals surface area contributed by atoms with E-state index in [9.17, 15) is 9.59 Å². The molecule has 0 fully saturated rings. The molecule has 0 saturated heterocycles. The summed E-state index contributed by atoms with van der Waals surface area (Å²) >= 11 is 0. The molecule has 3 N–H and O–H groups in total. The second-order valence-corrected chi connectivity index (χ2v) is 4.20. The molecule has 0 aliphatic heterocycles. The quantitative estimate of drug-likeness (QED) is 0.574. The number of H-pyrrole nitrogens is 1. The molecule has 0 bridgehead atoms. The van der Waals surface area contributed by atoms with Crippen LogP contribution in [0, 0.1) is 0 Å². The minimum absolute atomic E-state index is 0.516. The molecule has 2 amide bonds. The predicted molar refractivity (Wildman–Crippen MR) is 72.6 cm³/mol. The molecule has 0 atom stereocenters. The van der Waals surface area contributed by atoms with E-state index in [1.54, 1.807) is 24.5 Å². The molecule has 1 heterocycles. The third-order valence-electron chi connectivity index (χ3n) is 2.70. The summed E-state index contributed by atoms with van der Waals surface area (Å²) in [5, 5.41) is 5.12. The van der Waals surface area contributed by atoms with Crippen molar-refractivity contribution in [3.05, 3.63) is 24.5 Å². The van der Waals surface area contributed by atoms with E-state index in [0.29, 0.717) is 12.2 Å². The zero-order chi connectivity index (χ0) is 13.7. The van der Waals surface area contributed by atoms with E-state index in [2.05, 4.69) is 20.6 Å². The van der Waals surface area contributed by atoms with Crippen molar-refractivity contribution in [2.75, 3.05) is 11.9 Å². The molecule has 0 aliphatic carbocycles. The Morgan fingerprint density at radius 3 is 2.95 bits per heavy atom. The van der Waals surface area contributed by atoms with Gasteiger partial charge in [-0.05, 0) is 24.6 Å². The van der Waals surface area contributed by atoms with Crippen molar-refractivity contribution in [2.45, 2.75) is 19.8 Å². The number of rotatable bonds is 4. The van der Waals surface area contributed by atoms with E-state index >= 15 is 0 Å². The first-order chi connectivity index (χ1) is 9.20. The van der Waals surface area contributed by atoms with Crippen molar-refractivity contribution in [1.29, 1.82) is 0 Å². The number of hydrogen-bond donors (Lipinski definition) is 3. The Kier molecular flexibility index (Phi) is 4.12. The van der Waals surface area contributed by atoms with Crippen LogP contribution in [0.25, 0.3) is 11.0 Å². The number of imidazole rings is 1. The average molecular weight is 260 g/mol.